The molecule has 6 heterocycles. The van der Waals surface area contributed by atoms with Crippen LogP contribution in [0, 0.1) is 0 Å². The number of hydrogen-bond acceptors (Lipinski definition) is 8. The van der Waals surface area contributed by atoms with Crippen LogP contribution in [-0.2, 0) is 34.4 Å². The van der Waals surface area contributed by atoms with Crippen LogP contribution < -0.4 is 60.9 Å². The van der Waals surface area contributed by atoms with Gasteiger partial charge in [-0.3, -0.25) is 0 Å². The lowest BCUT2D eigenvalue weighted by Crippen LogP contribution is -2.47. The zero-order valence-electron chi connectivity index (χ0n) is 47.3. The predicted octanol–water partition coefficient (Wildman–Crippen LogP) is 18.3. The molecule has 20 rings (SSSR count). The highest BCUT2D eigenvalue weighted by molar-refractivity contribution is 8.27. The van der Waals surface area contributed by atoms with Crippen molar-refractivity contribution in [1.82, 2.24) is 0 Å². The molecule has 0 N–H and O–H groups in total. The molecule has 0 fully saturated rings. The van der Waals surface area contributed by atoms with Crippen molar-refractivity contribution in [2.75, 3.05) is 19.6 Å². The van der Waals surface area contributed by atoms with Gasteiger partial charge in [-0.25, -0.2) is 0 Å². The second-order valence-electron chi connectivity index (χ2n) is 25.0. The van der Waals surface area contributed by atoms with Crippen molar-refractivity contribution in [2.24, 2.45) is 0 Å². The number of nitrogens with zero attached hydrogens (tertiary/aromatic N) is 4. The summed E-state index contributed by atoms with van der Waals surface area (Å²) in [5, 5.41) is 8.73. The average Bonchev–Trinajstić information content (AvgIpc) is 0.857. The van der Waals surface area contributed by atoms with Gasteiger partial charge >= 0.3 is 0 Å². The number of benzene rings is 12. The summed E-state index contributed by atoms with van der Waals surface area (Å²) >= 11 is 15.9. The van der Waals surface area contributed by atoms with Gasteiger partial charge in [0.15, 0.2) is 0 Å². The second kappa shape index (κ2) is 16.1. The lowest BCUT2D eigenvalue weighted by Gasteiger charge is -2.51. The Morgan fingerprint density at radius 3 is 1.01 bits per heavy atom. The number of ether oxygens (including phenoxy) is 2. The molecule has 408 valence electrons. The van der Waals surface area contributed by atoms with Gasteiger partial charge in [0.05, 0.1) is 78.8 Å². The van der Waals surface area contributed by atoms with Gasteiger partial charge in [0.1, 0.15) is 23.0 Å². The topological polar surface area (TPSA) is 31.4 Å². The third kappa shape index (κ3) is 5.51. The highest BCUT2D eigenvalue weighted by atomic mass is 32.4. The third-order valence-electron chi connectivity index (χ3n) is 20.0. The number of fused-ring (bicyclic) bond motifs is 11. The summed E-state index contributed by atoms with van der Waals surface area (Å²) in [6, 6.07) is 78.5. The van der Waals surface area contributed by atoms with E-state index in [0.29, 0.717) is 0 Å². The number of hydrogen-bond donors (Lipinski definition) is 0. The molecule has 0 spiro atoms. The number of rotatable bonds is 4. The molecule has 0 saturated carbocycles. The lowest BCUT2D eigenvalue weighted by molar-refractivity contribution is 0.469. The van der Waals surface area contributed by atoms with Gasteiger partial charge < -0.3 is 29.1 Å². The Kier molecular flexibility index (Phi) is 9.03. The summed E-state index contributed by atoms with van der Waals surface area (Å²) in [6.07, 6.45) is 0. The van der Waals surface area contributed by atoms with Crippen LogP contribution in [0.1, 0.15) is 49.9 Å². The fourth-order valence-corrected chi connectivity index (χ4v) is 27.0. The van der Waals surface area contributed by atoms with E-state index in [2.05, 4.69) is 278 Å². The van der Waals surface area contributed by atoms with Gasteiger partial charge in [0, 0.05) is 66.1 Å². The second-order valence-corrected chi connectivity index (χ2v) is 33.4. The van der Waals surface area contributed by atoms with Crippen LogP contribution in [-0.4, -0.2) is 0 Å². The first-order valence-corrected chi connectivity index (χ1v) is 35.2. The SMILES string of the molecule is CC1(C)c2ccccc2-c2cc3c4c(c21)Oc1cc2c5c6c(cc2c2c1P4(=S)c1c(cccc1N2c1ccccc1)N3c1ccccc1)Oc1c2c(cc3c1P6(=S)c1c(cccc1N5c1ccccc1)N3c1ccccc1)-c1ccccc1C2(C)C. The highest BCUT2D eigenvalue weighted by Crippen LogP contribution is 2.73. The molecule has 12 aromatic carbocycles. The zero-order chi connectivity index (χ0) is 57.1. The van der Waals surface area contributed by atoms with E-state index in [1.807, 2.05) is 0 Å². The van der Waals surface area contributed by atoms with Crippen LogP contribution in [0.5, 0.6) is 23.0 Å². The van der Waals surface area contributed by atoms with Crippen LogP contribution >= 0.6 is 12.1 Å². The Balaban J connectivity index is 0.973. The summed E-state index contributed by atoms with van der Waals surface area (Å²) < 4.78 is 16.2. The zero-order valence-corrected chi connectivity index (χ0v) is 50.7. The molecule has 2 unspecified atom stereocenters. The molecule has 0 bridgehead atoms. The van der Waals surface area contributed by atoms with Crippen molar-refractivity contribution < 1.29 is 9.47 Å². The van der Waals surface area contributed by atoms with E-state index in [4.69, 9.17) is 33.1 Å². The fourth-order valence-electron chi connectivity index (χ4n) is 16.7. The van der Waals surface area contributed by atoms with Crippen molar-refractivity contribution in [2.45, 2.75) is 38.5 Å². The molecule has 8 aliphatic rings. The van der Waals surface area contributed by atoms with E-state index in [9.17, 15) is 0 Å². The van der Waals surface area contributed by atoms with E-state index in [1.54, 1.807) is 0 Å². The molecule has 0 radical (unpaired) electrons. The van der Waals surface area contributed by atoms with E-state index in [-0.39, 0.29) is 0 Å². The smallest absolute Gasteiger partial charge is 0.143 e. The van der Waals surface area contributed by atoms with Gasteiger partial charge in [-0.15, -0.1) is 0 Å². The van der Waals surface area contributed by atoms with Gasteiger partial charge in [-0.05, 0) is 130 Å². The maximum atomic E-state index is 8.11. The van der Waals surface area contributed by atoms with Crippen molar-refractivity contribution >= 4 is 147 Å². The Bertz CT molecular complexity index is 4950. The van der Waals surface area contributed by atoms with Crippen LogP contribution in [0.4, 0.5) is 68.2 Å². The third-order valence-corrected chi connectivity index (χ3v) is 29.7. The first kappa shape index (κ1) is 48.3. The summed E-state index contributed by atoms with van der Waals surface area (Å²) in [7, 11) is 0. The minimum atomic E-state index is -3.08. The monoisotopic (exact) mass is 1180 g/mol. The maximum absolute atomic E-state index is 8.11. The van der Waals surface area contributed by atoms with Gasteiger partial charge in [-0.2, -0.15) is 0 Å². The van der Waals surface area contributed by atoms with Gasteiger partial charge in [0.25, 0.3) is 0 Å². The minimum Gasteiger partial charge on any atom is -0.455 e. The standard InChI is InChI=1S/C76H50N4O2P2S2/c1-75(2)53-33-19-17-31-47(53)49-39-59-71-67(63(49)75)81-61-41-51-52(65-73(61)83(71,85)69-55(77(59)43-23-9-5-10-24-43)35-21-37-57(69)79(65)45-27-13-7-14-28-45)42-62-74-66(51)80(46-29-15-8-16-30-46)58-38-22-36-56-70(58)84(74,86)72-60(78(56)44-25-11-6-12-26-44)40-50-48-32-18-20-34-54(48)76(3,4)64(50)68(72)82-62/h5-42H,1-4H3. The van der Waals surface area contributed by atoms with E-state index in [1.165, 1.54) is 55.1 Å². The van der Waals surface area contributed by atoms with Crippen LogP contribution in [0.25, 0.3) is 33.0 Å². The maximum Gasteiger partial charge on any atom is 0.143 e. The van der Waals surface area contributed by atoms with Crippen molar-refractivity contribution in [3.8, 4) is 45.3 Å². The minimum absolute atomic E-state index is 0.409. The summed E-state index contributed by atoms with van der Waals surface area (Å²) in [5.74, 6) is 3.35. The molecule has 12 aromatic rings. The molecule has 2 aliphatic carbocycles. The van der Waals surface area contributed by atoms with E-state index >= 15 is 0 Å². The molecule has 0 amide bonds. The first-order valence-electron chi connectivity index (χ1n) is 29.6. The van der Waals surface area contributed by atoms with Crippen molar-refractivity contribution in [3.05, 3.63) is 253 Å². The Morgan fingerprint density at radius 2 is 0.640 bits per heavy atom. The van der Waals surface area contributed by atoms with Crippen LogP contribution in [0.15, 0.2) is 231 Å². The van der Waals surface area contributed by atoms with Crippen LogP contribution in [0.3, 0.4) is 0 Å². The van der Waals surface area contributed by atoms with Gasteiger partial charge in [-0.1, -0.05) is 185 Å². The largest absolute Gasteiger partial charge is 0.455 e. The van der Waals surface area contributed by atoms with E-state index < -0.39 is 22.9 Å². The Morgan fingerprint density at radius 1 is 0.314 bits per heavy atom. The normalized spacial score (nSPS) is 19.2. The fraction of sp³-hybridized carbons (Fsp3) is 0.0789. The molecule has 10 heteroatoms. The lowest BCUT2D eigenvalue weighted by atomic mass is 9.81. The molecule has 2 atom stereocenters. The molecular weight excluding hydrogens is 1130 g/mol. The van der Waals surface area contributed by atoms with E-state index in [0.717, 1.165) is 123 Å². The van der Waals surface area contributed by atoms with Crippen molar-refractivity contribution in [1.29, 1.82) is 0 Å². The number of para-hydroxylation sites is 4. The molecule has 6 aliphatic heterocycles. The Hall–Kier alpha value is -9.00. The average molecular weight is 1180 g/mol. The molecule has 86 heavy (non-hydrogen) atoms. The van der Waals surface area contributed by atoms with Crippen LogP contribution in [0.2, 0.25) is 0 Å². The molecule has 0 aromatic heterocycles. The van der Waals surface area contributed by atoms with Gasteiger partial charge in [0.2, 0.25) is 0 Å². The van der Waals surface area contributed by atoms with Crippen molar-refractivity contribution in [3.63, 3.8) is 0 Å². The summed E-state index contributed by atoms with van der Waals surface area (Å²) in [5.41, 5.74) is 21.7. The Labute approximate surface area is 508 Å². The molecule has 0 saturated heterocycles. The number of anilines is 12. The molecular formula is C76H50N4O2P2S2. The highest BCUT2D eigenvalue weighted by Gasteiger charge is 2.58. The molecule has 6 nitrogen and oxygen atoms in total. The predicted molar refractivity (Wildman–Crippen MR) is 364 cm³/mol. The summed E-state index contributed by atoms with van der Waals surface area (Å²) in [4.78, 5) is 9.95. The summed E-state index contributed by atoms with van der Waals surface area (Å²) in [6.45, 7) is 9.47. The quantitative estimate of drug-likeness (QED) is 0.161. The first-order chi connectivity index (χ1) is 42.0.